The van der Waals surface area contributed by atoms with Gasteiger partial charge in [-0.25, -0.2) is 19.2 Å². The number of anilines is 1. The Hall–Kier alpha value is -4.01. The van der Waals surface area contributed by atoms with Gasteiger partial charge in [0.15, 0.2) is 0 Å². The highest BCUT2D eigenvalue weighted by atomic mass is 19.1. The minimum atomic E-state index is -0.919. The van der Waals surface area contributed by atoms with Gasteiger partial charge >= 0.3 is 6.09 Å². The van der Waals surface area contributed by atoms with Gasteiger partial charge in [0.2, 0.25) is 12.8 Å². The van der Waals surface area contributed by atoms with E-state index in [0.717, 1.165) is 5.56 Å². The molecule has 0 radical (unpaired) electrons. The predicted molar refractivity (Wildman–Crippen MR) is 124 cm³/mol. The number of nitrogens with one attached hydrogen (secondary N) is 1. The van der Waals surface area contributed by atoms with E-state index in [4.69, 9.17) is 9.47 Å². The number of alkyl halides is 1. The fourth-order valence-electron chi connectivity index (χ4n) is 3.75. The molecule has 1 aliphatic rings. The number of piperidine rings is 1. The zero-order valence-corrected chi connectivity index (χ0v) is 18.5. The van der Waals surface area contributed by atoms with Crippen molar-refractivity contribution in [3.05, 3.63) is 72.6 Å². The molecule has 8 nitrogen and oxygen atoms in total. The van der Waals surface area contributed by atoms with Crippen molar-refractivity contribution in [1.29, 1.82) is 0 Å². The quantitative estimate of drug-likeness (QED) is 0.556. The Kier molecular flexibility index (Phi) is 7.64. The molecule has 0 spiro atoms. The van der Waals surface area contributed by atoms with Crippen LogP contribution < -0.4 is 10.1 Å². The normalized spacial score (nSPS) is 13.9. The van der Waals surface area contributed by atoms with Crippen LogP contribution in [0.4, 0.5) is 15.0 Å². The van der Waals surface area contributed by atoms with E-state index in [0.29, 0.717) is 48.8 Å². The van der Waals surface area contributed by atoms with E-state index >= 15 is 0 Å². The summed E-state index contributed by atoms with van der Waals surface area (Å²) in [4.78, 5) is 35.1. The van der Waals surface area contributed by atoms with Crippen molar-refractivity contribution in [2.45, 2.75) is 19.4 Å². The van der Waals surface area contributed by atoms with Crippen LogP contribution in [0.3, 0.4) is 0 Å². The molecule has 2 amide bonds. The molecule has 0 aliphatic carbocycles. The van der Waals surface area contributed by atoms with Crippen molar-refractivity contribution in [3.8, 4) is 17.0 Å². The number of hydrogen-bond acceptors (Lipinski definition) is 6. The van der Waals surface area contributed by atoms with Crippen LogP contribution in [0.5, 0.6) is 5.75 Å². The molecule has 0 saturated carbocycles. The van der Waals surface area contributed by atoms with E-state index in [1.54, 1.807) is 29.2 Å². The lowest BCUT2D eigenvalue weighted by molar-refractivity contribution is -0.121. The largest absolute Gasteiger partial charge is 0.463 e. The highest BCUT2D eigenvalue weighted by molar-refractivity contribution is 5.92. The van der Waals surface area contributed by atoms with Gasteiger partial charge in [0, 0.05) is 30.6 Å². The lowest BCUT2D eigenvalue weighted by Crippen LogP contribution is -2.41. The highest BCUT2D eigenvalue weighted by Crippen LogP contribution is 2.25. The number of amides is 2. The third-order valence-electron chi connectivity index (χ3n) is 5.60. The van der Waals surface area contributed by atoms with Gasteiger partial charge in [0.05, 0.1) is 5.69 Å². The van der Waals surface area contributed by atoms with Crippen LogP contribution in [-0.2, 0) is 16.1 Å². The zero-order chi connectivity index (χ0) is 23.8. The monoisotopic (exact) mass is 464 g/mol. The van der Waals surface area contributed by atoms with Crippen LogP contribution in [-0.4, -0.2) is 46.8 Å². The maximum Gasteiger partial charge on any atom is 0.410 e. The summed E-state index contributed by atoms with van der Waals surface area (Å²) in [7, 11) is 0. The van der Waals surface area contributed by atoms with Crippen molar-refractivity contribution in [1.82, 2.24) is 14.9 Å². The molecule has 9 heteroatoms. The first-order chi connectivity index (χ1) is 16.6. The molecule has 2 aromatic carbocycles. The van der Waals surface area contributed by atoms with Crippen LogP contribution in [0.25, 0.3) is 11.3 Å². The summed E-state index contributed by atoms with van der Waals surface area (Å²) in [6.07, 6.45) is 2.06. The second-order valence-electron chi connectivity index (χ2n) is 7.86. The van der Waals surface area contributed by atoms with Gasteiger partial charge in [0.25, 0.3) is 0 Å². The maximum atomic E-state index is 12.8. The number of hydrogen-bond donors (Lipinski definition) is 1. The Balaban J connectivity index is 1.29. The summed E-state index contributed by atoms with van der Waals surface area (Å²) < 4.78 is 22.7. The Labute approximate surface area is 196 Å². The summed E-state index contributed by atoms with van der Waals surface area (Å²) in [6, 6.07) is 18.0. The smallest absolute Gasteiger partial charge is 0.410 e. The number of carbonyl (C=O) groups is 2. The Morgan fingerprint density at radius 1 is 1.03 bits per heavy atom. The summed E-state index contributed by atoms with van der Waals surface area (Å²) in [5.41, 5.74) is 2.22. The van der Waals surface area contributed by atoms with E-state index in [9.17, 15) is 14.0 Å². The topological polar surface area (TPSA) is 93.6 Å². The number of likely N-dealkylation sites (tertiary alicyclic amines) is 1. The number of aromatic nitrogens is 2. The third-order valence-corrected chi connectivity index (χ3v) is 5.60. The molecule has 1 aromatic heterocycles. The first-order valence-corrected chi connectivity index (χ1v) is 11.0. The van der Waals surface area contributed by atoms with Crippen molar-refractivity contribution in [2.75, 3.05) is 25.3 Å². The number of halogens is 1. The van der Waals surface area contributed by atoms with Crippen LogP contribution >= 0.6 is 0 Å². The van der Waals surface area contributed by atoms with Gasteiger partial charge in [-0.05, 0) is 30.5 Å². The minimum absolute atomic E-state index is 0.156. The fourth-order valence-corrected chi connectivity index (χ4v) is 3.75. The zero-order valence-electron chi connectivity index (χ0n) is 18.5. The standard InChI is InChI=1S/C25H25FN4O4/c26-16-34-21-8-4-7-20(13-21)22-14-23(28-17-27-22)29-24(31)19-9-11-30(12-10-19)25(32)33-15-18-5-2-1-3-6-18/h1-8,13-14,17,19H,9-12,15-16H2,(H,27,28,29,31). The van der Waals surface area contributed by atoms with Crippen LogP contribution in [0.1, 0.15) is 18.4 Å². The van der Waals surface area contributed by atoms with E-state index in [1.165, 1.54) is 6.33 Å². The molecule has 0 atom stereocenters. The van der Waals surface area contributed by atoms with E-state index in [2.05, 4.69) is 15.3 Å². The molecule has 1 saturated heterocycles. The summed E-state index contributed by atoms with van der Waals surface area (Å²) in [5.74, 6) is 0.365. The van der Waals surface area contributed by atoms with Crippen molar-refractivity contribution < 1.29 is 23.5 Å². The summed E-state index contributed by atoms with van der Waals surface area (Å²) in [6.45, 7) is 0.196. The molecular formula is C25H25FN4O4. The molecule has 1 fully saturated rings. The lowest BCUT2D eigenvalue weighted by atomic mass is 9.96. The number of ether oxygens (including phenoxy) is 2. The molecule has 1 N–H and O–H groups in total. The second kappa shape index (κ2) is 11.2. The van der Waals surface area contributed by atoms with Crippen LogP contribution in [0.2, 0.25) is 0 Å². The number of rotatable bonds is 7. The van der Waals surface area contributed by atoms with Crippen molar-refractivity contribution in [2.24, 2.45) is 5.92 Å². The van der Waals surface area contributed by atoms with Crippen molar-refractivity contribution in [3.63, 3.8) is 0 Å². The SMILES string of the molecule is O=C(Nc1cc(-c2cccc(OCF)c2)ncn1)C1CCN(C(=O)OCc2ccccc2)CC1. The first kappa shape index (κ1) is 23.2. The second-order valence-corrected chi connectivity index (χ2v) is 7.86. The van der Waals surface area contributed by atoms with Gasteiger partial charge in [-0.3, -0.25) is 4.79 Å². The number of carbonyl (C=O) groups excluding carboxylic acids is 2. The first-order valence-electron chi connectivity index (χ1n) is 11.0. The summed E-state index contributed by atoms with van der Waals surface area (Å²) in [5, 5.41) is 2.84. The van der Waals surface area contributed by atoms with E-state index in [-0.39, 0.29) is 24.5 Å². The molecular weight excluding hydrogens is 439 g/mol. The Morgan fingerprint density at radius 3 is 2.59 bits per heavy atom. The maximum absolute atomic E-state index is 12.8. The van der Waals surface area contributed by atoms with Gasteiger partial charge in [-0.2, -0.15) is 0 Å². The summed E-state index contributed by atoms with van der Waals surface area (Å²) >= 11 is 0. The Bertz CT molecular complexity index is 1120. The average molecular weight is 464 g/mol. The Morgan fingerprint density at radius 2 is 1.82 bits per heavy atom. The van der Waals surface area contributed by atoms with Crippen molar-refractivity contribution >= 4 is 17.8 Å². The third kappa shape index (κ3) is 6.06. The molecule has 4 rings (SSSR count). The molecule has 0 unspecified atom stereocenters. The average Bonchev–Trinajstić information content (AvgIpc) is 2.88. The van der Waals surface area contributed by atoms with E-state index < -0.39 is 6.86 Å². The molecule has 176 valence electrons. The van der Waals surface area contributed by atoms with Gasteiger partial charge in [-0.15, -0.1) is 0 Å². The van der Waals surface area contributed by atoms with Gasteiger partial charge < -0.3 is 19.7 Å². The van der Waals surface area contributed by atoms with E-state index in [1.807, 2.05) is 36.4 Å². The highest BCUT2D eigenvalue weighted by Gasteiger charge is 2.28. The fraction of sp³-hybridized carbons (Fsp3) is 0.280. The molecule has 3 aromatic rings. The molecule has 0 bridgehead atoms. The van der Waals surface area contributed by atoms with Gasteiger partial charge in [0.1, 0.15) is 24.5 Å². The minimum Gasteiger partial charge on any atom is -0.463 e. The molecule has 1 aliphatic heterocycles. The number of benzene rings is 2. The number of nitrogens with zero attached hydrogens (tertiary/aromatic N) is 3. The molecule has 2 heterocycles. The molecule has 34 heavy (non-hydrogen) atoms. The van der Waals surface area contributed by atoms with Crippen LogP contribution in [0, 0.1) is 5.92 Å². The predicted octanol–water partition coefficient (Wildman–Crippen LogP) is 4.44. The lowest BCUT2D eigenvalue weighted by Gasteiger charge is -2.30. The van der Waals surface area contributed by atoms with Crippen LogP contribution in [0.15, 0.2) is 67.0 Å². The van der Waals surface area contributed by atoms with Gasteiger partial charge in [-0.1, -0.05) is 42.5 Å².